The van der Waals surface area contributed by atoms with Crippen molar-refractivity contribution in [2.45, 2.75) is 85.4 Å². The van der Waals surface area contributed by atoms with Crippen LogP contribution in [0.1, 0.15) is 67.2 Å². The Balaban J connectivity index is 3.16. The number of hydrogen-bond donors (Lipinski definition) is 1. The molecule has 0 aromatic carbocycles. The van der Waals surface area contributed by atoms with E-state index in [0.29, 0.717) is 0 Å². The Kier molecular flexibility index (Phi) is 6.69. The highest BCUT2D eigenvalue weighted by Gasteiger charge is 2.45. The summed E-state index contributed by atoms with van der Waals surface area (Å²) in [4.78, 5) is 27.5. The molecule has 1 N–H and O–H groups in total. The molecule has 2 amide bonds. The minimum absolute atomic E-state index is 0.0288. The van der Waals surface area contributed by atoms with Crippen LogP contribution in [0, 0.1) is 11.8 Å². The van der Waals surface area contributed by atoms with Crippen molar-refractivity contribution < 1.29 is 9.59 Å². The second-order valence-electron chi connectivity index (χ2n) is 6.42. The number of carbonyl (C=O) groups excluding carboxylic acids is 2. The first-order chi connectivity index (χ1) is 9.92. The molecule has 4 atom stereocenters. The molecule has 1 saturated heterocycles. The summed E-state index contributed by atoms with van der Waals surface area (Å²) in [7, 11) is 0. The van der Waals surface area contributed by atoms with Crippen LogP contribution in [-0.4, -0.2) is 34.8 Å². The van der Waals surface area contributed by atoms with E-state index in [2.05, 4.69) is 39.9 Å². The van der Waals surface area contributed by atoms with E-state index in [1.807, 2.05) is 11.8 Å². The fourth-order valence-corrected chi connectivity index (χ4v) is 3.19. The third-order valence-electron chi connectivity index (χ3n) is 5.12. The fourth-order valence-electron chi connectivity index (χ4n) is 3.19. The molecular formula is C17H32N2O2. The zero-order valence-corrected chi connectivity index (χ0v) is 14.5. The number of hydrogen-bond acceptors (Lipinski definition) is 2. The fraction of sp³-hybridized carbons (Fsp3) is 0.882. The summed E-state index contributed by atoms with van der Waals surface area (Å²) in [5, 5.41) is 2.99. The number of nitrogens with zero attached hydrogens (tertiary/aromatic N) is 1. The molecule has 0 aliphatic carbocycles. The molecule has 0 aromatic heterocycles. The molecule has 122 valence electrons. The third-order valence-corrected chi connectivity index (χ3v) is 5.12. The maximum absolute atomic E-state index is 13.0. The van der Waals surface area contributed by atoms with Gasteiger partial charge in [0.05, 0.1) is 0 Å². The van der Waals surface area contributed by atoms with Gasteiger partial charge in [-0.1, -0.05) is 54.4 Å². The van der Waals surface area contributed by atoms with E-state index in [0.717, 1.165) is 25.7 Å². The van der Waals surface area contributed by atoms with Crippen LogP contribution >= 0.6 is 0 Å². The van der Waals surface area contributed by atoms with Crippen LogP contribution in [0.5, 0.6) is 0 Å². The lowest BCUT2D eigenvalue weighted by molar-refractivity contribution is -0.156. The summed E-state index contributed by atoms with van der Waals surface area (Å²) in [6.45, 7) is 12.4. The van der Waals surface area contributed by atoms with Crippen LogP contribution in [0.4, 0.5) is 0 Å². The van der Waals surface area contributed by atoms with Crippen LogP contribution in [0.2, 0.25) is 0 Å². The van der Waals surface area contributed by atoms with Gasteiger partial charge in [-0.15, -0.1) is 0 Å². The minimum atomic E-state index is -0.358. The van der Waals surface area contributed by atoms with Gasteiger partial charge >= 0.3 is 0 Å². The van der Waals surface area contributed by atoms with Gasteiger partial charge in [0.1, 0.15) is 12.1 Å². The average molecular weight is 296 g/mol. The molecule has 1 rings (SSSR count). The van der Waals surface area contributed by atoms with E-state index >= 15 is 0 Å². The van der Waals surface area contributed by atoms with Crippen molar-refractivity contribution in [3.8, 4) is 0 Å². The number of amides is 2. The maximum Gasteiger partial charge on any atom is 0.246 e. The van der Waals surface area contributed by atoms with Crippen molar-refractivity contribution in [1.82, 2.24) is 10.2 Å². The van der Waals surface area contributed by atoms with E-state index < -0.39 is 0 Å². The SMILES string of the molecule is CCC(C)C1NC(=O)C(C(C)CC)N(C(CC)CC)C1=O. The molecule has 4 nitrogen and oxygen atoms in total. The van der Waals surface area contributed by atoms with E-state index in [1.54, 1.807) is 0 Å². The van der Waals surface area contributed by atoms with Crippen LogP contribution in [0.3, 0.4) is 0 Å². The molecule has 4 heteroatoms. The summed E-state index contributed by atoms with van der Waals surface area (Å²) in [6.07, 6.45) is 3.59. The van der Waals surface area contributed by atoms with Crippen molar-refractivity contribution >= 4 is 11.8 Å². The predicted molar refractivity (Wildman–Crippen MR) is 85.8 cm³/mol. The molecule has 1 heterocycles. The Hall–Kier alpha value is -1.06. The number of piperazine rings is 1. The van der Waals surface area contributed by atoms with Gasteiger partial charge < -0.3 is 10.2 Å². The summed E-state index contributed by atoms with van der Waals surface area (Å²) >= 11 is 0. The second-order valence-corrected chi connectivity index (χ2v) is 6.42. The zero-order chi connectivity index (χ0) is 16.2. The van der Waals surface area contributed by atoms with E-state index in [1.165, 1.54) is 0 Å². The smallest absolute Gasteiger partial charge is 0.246 e. The highest BCUT2D eigenvalue weighted by molar-refractivity contribution is 5.97. The van der Waals surface area contributed by atoms with Gasteiger partial charge in [-0.2, -0.15) is 0 Å². The van der Waals surface area contributed by atoms with Crippen molar-refractivity contribution in [3.63, 3.8) is 0 Å². The summed E-state index contributed by atoms with van der Waals surface area (Å²) in [6, 6.07) is -0.509. The Morgan fingerprint density at radius 2 is 1.48 bits per heavy atom. The van der Waals surface area contributed by atoms with Gasteiger partial charge in [-0.25, -0.2) is 0 Å². The maximum atomic E-state index is 13.0. The largest absolute Gasteiger partial charge is 0.342 e. The van der Waals surface area contributed by atoms with Gasteiger partial charge in [0.15, 0.2) is 0 Å². The molecule has 0 saturated carbocycles. The lowest BCUT2D eigenvalue weighted by atomic mass is 9.87. The Morgan fingerprint density at radius 3 is 1.90 bits per heavy atom. The molecule has 0 bridgehead atoms. The van der Waals surface area contributed by atoms with Crippen LogP contribution in [-0.2, 0) is 9.59 Å². The molecule has 4 unspecified atom stereocenters. The van der Waals surface area contributed by atoms with Gasteiger partial charge in [0.25, 0.3) is 0 Å². The van der Waals surface area contributed by atoms with Crippen molar-refractivity contribution in [1.29, 1.82) is 0 Å². The zero-order valence-electron chi connectivity index (χ0n) is 14.5. The molecule has 0 spiro atoms. The normalized spacial score (nSPS) is 26.0. The number of carbonyl (C=O) groups is 2. The standard InChI is InChI=1S/C17H32N2O2/c1-7-11(5)14-17(21)19(13(9-3)10-4)15(12(6)8-2)16(20)18-14/h11-15H,7-10H2,1-6H3,(H,18,20). The average Bonchev–Trinajstić information content (AvgIpc) is 2.49. The Bertz CT molecular complexity index is 366. The number of rotatable bonds is 7. The topological polar surface area (TPSA) is 49.4 Å². The molecule has 0 aromatic rings. The Labute approximate surface area is 129 Å². The van der Waals surface area contributed by atoms with Crippen LogP contribution < -0.4 is 5.32 Å². The molecule has 0 radical (unpaired) electrons. The first-order valence-corrected chi connectivity index (χ1v) is 8.55. The summed E-state index contributed by atoms with van der Waals surface area (Å²) < 4.78 is 0. The van der Waals surface area contributed by atoms with Gasteiger partial charge in [-0.05, 0) is 24.7 Å². The molecular weight excluding hydrogens is 264 g/mol. The third kappa shape index (κ3) is 3.58. The van der Waals surface area contributed by atoms with Crippen LogP contribution in [0.25, 0.3) is 0 Å². The predicted octanol–water partition coefficient (Wildman–Crippen LogP) is 2.96. The van der Waals surface area contributed by atoms with Gasteiger partial charge in [0, 0.05) is 6.04 Å². The van der Waals surface area contributed by atoms with E-state index in [-0.39, 0.29) is 41.8 Å². The summed E-state index contributed by atoms with van der Waals surface area (Å²) in [5.74, 6) is 0.507. The van der Waals surface area contributed by atoms with Crippen molar-refractivity contribution in [2.24, 2.45) is 11.8 Å². The lowest BCUT2D eigenvalue weighted by Crippen LogP contribution is -2.68. The first kappa shape index (κ1) is 18.0. The minimum Gasteiger partial charge on any atom is -0.342 e. The van der Waals surface area contributed by atoms with Gasteiger partial charge in [0.2, 0.25) is 11.8 Å². The highest BCUT2D eigenvalue weighted by Crippen LogP contribution is 2.27. The van der Waals surface area contributed by atoms with Crippen LogP contribution in [0.15, 0.2) is 0 Å². The number of nitrogens with one attached hydrogen (secondary N) is 1. The molecule has 1 aliphatic heterocycles. The van der Waals surface area contributed by atoms with Gasteiger partial charge in [-0.3, -0.25) is 9.59 Å². The van der Waals surface area contributed by atoms with Crippen molar-refractivity contribution in [3.05, 3.63) is 0 Å². The van der Waals surface area contributed by atoms with Crippen molar-refractivity contribution in [2.75, 3.05) is 0 Å². The molecule has 1 aliphatic rings. The quantitative estimate of drug-likeness (QED) is 0.785. The second kappa shape index (κ2) is 7.81. The molecule has 1 fully saturated rings. The summed E-state index contributed by atoms with van der Waals surface area (Å²) in [5.41, 5.74) is 0. The highest BCUT2D eigenvalue weighted by atomic mass is 16.2. The van der Waals surface area contributed by atoms with E-state index in [4.69, 9.17) is 0 Å². The Morgan fingerprint density at radius 1 is 0.952 bits per heavy atom. The molecule has 21 heavy (non-hydrogen) atoms. The lowest BCUT2D eigenvalue weighted by Gasteiger charge is -2.46. The van der Waals surface area contributed by atoms with E-state index in [9.17, 15) is 9.59 Å². The first-order valence-electron chi connectivity index (χ1n) is 8.55. The monoisotopic (exact) mass is 296 g/mol.